The molecule has 0 saturated heterocycles. The Hall–Kier alpha value is -3.33. The summed E-state index contributed by atoms with van der Waals surface area (Å²) >= 11 is 0. The highest BCUT2D eigenvalue weighted by Crippen LogP contribution is 2.18. The maximum absolute atomic E-state index is 4.36. The van der Waals surface area contributed by atoms with Crippen LogP contribution in [-0.2, 0) is 6.54 Å². The zero-order chi connectivity index (χ0) is 20.5. The number of nitrogens with one attached hydrogen (secondary N) is 2. The first kappa shape index (κ1) is 20.4. The maximum Gasteiger partial charge on any atom is 0.0400 e. The van der Waals surface area contributed by atoms with E-state index in [-0.39, 0.29) is 0 Å². The second-order valence-corrected chi connectivity index (χ2v) is 7.26. The number of para-hydroxylation sites is 1. The molecule has 3 rings (SSSR count). The van der Waals surface area contributed by atoms with Gasteiger partial charge in [-0.15, -0.1) is 0 Å². The Morgan fingerprint density at radius 2 is 1.76 bits per heavy atom. The molecule has 0 amide bonds. The Balaban J connectivity index is 1.49. The molecule has 0 atom stereocenters. The van der Waals surface area contributed by atoms with Crippen molar-refractivity contribution in [1.82, 2.24) is 5.32 Å². The zero-order valence-electron chi connectivity index (χ0n) is 17.3. The molecular weight excluding hydrogens is 354 g/mol. The van der Waals surface area contributed by atoms with Gasteiger partial charge >= 0.3 is 0 Å². The minimum atomic E-state index is 0.804. The predicted molar refractivity (Wildman–Crippen MR) is 126 cm³/mol. The Bertz CT molecular complexity index is 945. The summed E-state index contributed by atoms with van der Waals surface area (Å²) in [5.74, 6) is 0. The van der Waals surface area contributed by atoms with Crippen LogP contribution in [0.4, 0.5) is 5.69 Å². The van der Waals surface area contributed by atoms with Crippen molar-refractivity contribution in [2.75, 3.05) is 11.9 Å². The van der Waals surface area contributed by atoms with Gasteiger partial charge in [0.05, 0.1) is 0 Å². The van der Waals surface area contributed by atoms with Crippen LogP contribution in [0, 0.1) is 0 Å². The van der Waals surface area contributed by atoms with Gasteiger partial charge in [0.1, 0.15) is 0 Å². The second kappa shape index (κ2) is 10.3. The van der Waals surface area contributed by atoms with Gasteiger partial charge in [-0.3, -0.25) is 4.99 Å². The highest BCUT2D eigenvalue weighted by molar-refractivity contribution is 5.74. The lowest BCUT2D eigenvalue weighted by atomic mass is 10.0. The Labute approximate surface area is 174 Å². The van der Waals surface area contributed by atoms with E-state index in [2.05, 4.69) is 78.5 Å². The van der Waals surface area contributed by atoms with Crippen LogP contribution in [-0.4, -0.2) is 12.8 Å². The molecule has 2 N–H and O–H groups in total. The number of hydrogen-bond acceptors (Lipinski definition) is 3. The SMILES string of the molecule is C=C(NCCC1=CN=C/C=C(/C)C=C1C)c1ccc(CNc2ccccc2)cc1. The number of aliphatic imine (C=N–C) groups is 1. The number of nitrogens with zero attached hydrogens (tertiary/aromatic N) is 1. The molecule has 0 saturated carbocycles. The molecule has 148 valence electrons. The van der Waals surface area contributed by atoms with Crippen molar-refractivity contribution in [2.45, 2.75) is 26.8 Å². The lowest BCUT2D eigenvalue weighted by molar-refractivity contribution is 0.841. The molecule has 0 bridgehead atoms. The molecule has 3 heteroatoms. The normalized spacial score (nSPS) is 15.3. The molecule has 0 aliphatic carbocycles. The third-order valence-corrected chi connectivity index (χ3v) is 4.91. The van der Waals surface area contributed by atoms with Crippen LogP contribution in [0.1, 0.15) is 31.4 Å². The third-order valence-electron chi connectivity index (χ3n) is 4.91. The molecule has 29 heavy (non-hydrogen) atoms. The molecule has 1 aliphatic rings. The summed E-state index contributed by atoms with van der Waals surface area (Å²) in [6.07, 6.45) is 8.93. The highest BCUT2D eigenvalue weighted by atomic mass is 14.9. The summed E-state index contributed by atoms with van der Waals surface area (Å²) in [4.78, 5) is 4.36. The first-order valence-electron chi connectivity index (χ1n) is 10.0. The van der Waals surface area contributed by atoms with Gasteiger partial charge in [0.2, 0.25) is 0 Å². The van der Waals surface area contributed by atoms with Crippen LogP contribution in [0.3, 0.4) is 0 Å². The molecule has 2 aromatic rings. The van der Waals surface area contributed by atoms with Gasteiger partial charge in [0.15, 0.2) is 0 Å². The van der Waals surface area contributed by atoms with Gasteiger partial charge in [-0.05, 0) is 66.3 Å². The fourth-order valence-corrected chi connectivity index (χ4v) is 3.17. The molecule has 0 fully saturated rings. The topological polar surface area (TPSA) is 36.4 Å². The van der Waals surface area contributed by atoms with E-state index in [0.717, 1.165) is 36.5 Å². The first-order chi connectivity index (χ1) is 14.1. The molecule has 1 heterocycles. The largest absolute Gasteiger partial charge is 0.385 e. The van der Waals surface area contributed by atoms with Crippen molar-refractivity contribution >= 4 is 17.6 Å². The second-order valence-electron chi connectivity index (χ2n) is 7.26. The molecule has 0 radical (unpaired) electrons. The molecule has 2 aromatic carbocycles. The lowest BCUT2D eigenvalue weighted by Crippen LogP contribution is -2.14. The van der Waals surface area contributed by atoms with E-state index >= 15 is 0 Å². The van der Waals surface area contributed by atoms with Gasteiger partial charge in [-0.1, -0.05) is 55.1 Å². The minimum Gasteiger partial charge on any atom is -0.385 e. The van der Waals surface area contributed by atoms with E-state index in [4.69, 9.17) is 0 Å². The van der Waals surface area contributed by atoms with Crippen LogP contribution in [0.2, 0.25) is 0 Å². The summed E-state index contributed by atoms with van der Waals surface area (Å²) in [5.41, 5.74) is 8.16. The van der Waals surface area contributed by atoms with E-state index < -0.39 is 0 Å². The lowest BCUT2D eigenvalue weighted by Gasteiger charge is -2.13. The fourth-order valence-electron chi connectivity index (χ4n) is 3.17. The number of rotatable bonds is 8. The maximum atomic E-state index is 4.36. The van der Waals surface area contributed by atoms with E-state index in [9.17, 15) is 0 Å². The summed E-state index contributed by atoms with van der Waals surface area (Å²) in [6, 6.07) is 18.8. The average molecular weight is 384 g/mol. The Kier molecular flexibility index (Phi) is 7.23. The minimum absolute atomic E-state index is 0.804. The van der Waals surface area contributed by atoms with Gasteiger partial charge < -0.3 is 10.6 Å². The van der Waals surface area contributed by atoms with E-state index in [1.807, 2.05) is 36.7 Å². The van der Waals surface area contributed by atoms with Crippen molar-refractivity contribution in [3.8, 4) is 0 Å². The molecule has 0 spiro atoms. The van der Waals surface area contributed by atoms with Crippen molar-refractivity contribution in [1.29, 1.82) is 0 Å². The molecular formula is C26H29N3. The Morgan fingerprint density at radius 1 is 1.00 bits per heavy atom. The summed E-state index contributed by atoms with van der Waals surface area (Å²) in [7, 11) is 0. The molecule has 0 unspecified atom stereocenters. The van der Waals surface area contributed by atoms with E-state index in [0.29, 0.717) is 0 Å². The Morgan fingerprint density at radius 3 is 2.52 bits per heavy atom. The summed E-state index contributed by atoms with van der Waals surface area (Å²) in [5, 5.41) is 6.88. The van der Waals surface area contributed by atoms with Crippen molar-refractivity contribution in [2.24, 2.45) is 4.99 Å². The van der Waals surface area contributed by atoms with E-state index in [1.165, 1.54) is 22.3 Å². The monoisotopic (exact) mass is 383 g/mol. The van der Waals surface area contributed by atoms with Gasteiger partial charge in [-0.25, -0.2) is 0 Å². The van der Waals surface area contributed by atoms with Crippen molar-refractivity contribution < 1.29 is 0 Å². The summed E-state index contributed by atoms with van der Waals surface area (Å²) in [6.45, 7) is 10.1. The van der Waals surface area contributed by atoms with Crippen molar-refractivity contribution in [3.63, 3.8) is 0 Å². The van der Waals surface area contributed by atoms with E-state index in [1.54, 1.807) is 0 Å². The predicted octanol–water partition coefficient (Wildman–Crippen LogP) is 6.11. The molecule has 1 aliphatic heterocycles. The fraction of sp³-hybridized carbons (Fsp3) is 0.192. The zero-order valence-corrected chi connectivity index (χ0v) is 17.3. The standard InChI is InChI=1S/C26H29N3/c1-20-13-15-27-19-25(21(2)17-20)14-16-28-22(3)24-11-9-23(10-12-24)18-29-26-7-5-4-6-8-26/h4-13,15,17,19,28-29H,3,14,16,18H2,1-2H3/b15-13?,20-13-,20-17?,21-17?,25-19?,25-21?,27-15?,27-19?. The number of anilines is 1. The average Bonchev–Trinajstić information content (AvgIpc) is 2.73. The first-order valence-corrected chi connectivity index (χ1v) is 10.0. The molecule has 0 aromatic heterocycles. The van der Waals surface area contributed by atoms with Crippen molar-refractivity contribution in [3.05, 3.63) is 107 Å². The third kappa shape index (κ3) is 6.35. The van der Waals surface area contributed by atoms with Crippen LogP contribution in [0.25, 0.3) is 5.70 Å². The molecule has 3 nitrogen and oxygen atoms in total. The quantitative estimate of drug-likeness (QED) is 0.577. The number of benzene rings is 2. The van der Waals surface area contributed by atoms with Crippen LogP contribution < -0.4 is 10.6 Å². The van der Waals surface area contributed by atoms with Gasteiger partial charge in [0, 0.05) is 36.9 Å². The van der Waals surface area contributed by atoms with Gasteiger partial charge in [0.25, 0.3) is 0 Å². The number of hydrogen-bond donors (Lipinski definition) is 2. The highest BCUT2D eigenvalue weighted by Gasteiger charge is 2.04. The smallest absolute Gasteiger partial charge is 0.0400 e. The van der Waals surface area contributed by atoms with Crippen LogP contribution in [0.15, 0.2) is 101 Å². The van der Waals surface area contributed by atoms with Gasteiger partial charge in [-0.2, -0.15) is 0 Å². The number of allylic oxidation sites excluding steroid dienone is 4. The van der Waals surface area contributed by atoms with Crippen LogP contribution in [0.5, 0.6) is 0 Å². The summed E-state index contributed by atoms with van der Waals surface area (Å²) < 4.78 is 0. The van der Waals surface area contributed by atoms with Crippen LogP contribution >= 0.6 is 0 Å².